The molecule has 1 unspecified atom stereocenters. The first-order valence-electron chi connectivity index (χ1n) is 10.2. The molecule has 3 N–H and O–H groups in total. The SMILES string of the molecule is CC(C)(C)CNc1cc(Cl)cc(C2(NC(=O)CC(C)(O)c3ccc(F)cc3F)CC2)n1. The molecule has 1 aliphatic rings. The van der Waals surface area contributed by atoms with Gasteiger partial charge < -0.3 is 15.7 Å². The van der Waals surface area contributed by atoms with Crippen LogP contribution in [0.1, 0.15) is 58.2 Å². The smallest absolute Gasteiger partial charge is 0.223 e. The number of pyridine rings is 1. The fourth-order valence-corrected chi connectivity index (χ4v) is 3.61. The van der Waals surface area contributed by atoms with Gasteiger partial charge in [0.2, 0.25) is 5.91 Å². The normalized spacial score (nSPS) is 17.0. The van der Waals surface area contributed by atoms with E-state index in [9.17, 15) is 18.7 Å². The summed E-state index contributed by atoms with van der Waals surface area (Å²) in [6.07, 6.45) is 0.975. The highest BCUT2D eigenvalue weighted by atomic mass is 35.5. The lowest BCUT2D eigenvalue weighted by molar-refractivity contribution is -0.127. The van der Waals surface area contributed by atoms with Crippen LogP contribution in [0.3, 0.4) is 0 Å². The fourth-order valence-electron chi connectivity index (χ4n) is 3.40. The molecular formula is C23H28ClF2N3O2. The van der Waals surface area contributed by atoms with Crippen LogP contribution in [0, 0.1) is 17.0 Å². The third kappa shape index (κ3) is 5.92. The van der Waals surface area contributed by atoms with E-state index in [0.717, 1.165) is 12.1 Å². The first-order valence-corrected chi connectivity index (χ1v) is 10.6. The highest BCUT2D eigenvalue weighted by molar-refractivity contribution is 6.30. The minimum Gasteiger partial charge on any atom is -0.385 e. The summed E-state index contributed by atoms with van der Waals surface area (Å²) in [5.74, 6) is -1.48. The zero-order chi connectivity index (χ0) is 23.0. The van der Waals surface area contributed by atoms with Gasteiger partial charge in [-0.3, -0.25) is 4.79 Å². The first-order chi connectivity index (χ1) is 14.3. The van der Waals surface area contributed by atoms with Crippen LogP contribution in [0.2, 0.25) is 5.02 Å². The molecule has 1 aliphatic carbocycles. The molecule has 1 aromatic heterocycles. The quantitative estimate of drug-likeness (QED) is 0.561. The molecule has 0 saturated heterocycles. The summed E-state index contributed by atoms with van der Waals surface area (Å²) in [5.41, 5.74) is -1.91. The van der Waals surface area contributed by atoms with Crippen LogP contribution in [-0.2, 0) is 15.9 Å². The molecule has 0 aliphatic heterocycles. The Hall–Kier alpha value is -2.25. The molecule has 1 fully saturated rings. The maximum absolute atomic E-state index is 14.1. The monoisotopic (exact) mass is 451 g/mol. The van der Waals surface area contributed by atoms with Crippen molar-refractivity contribution in [2.75, 3.05) is 11.9 Å². The molecular weight excluding hydrogens is 424 g/mol. The van der Waals surface area contributed by atoms with Gasteiger partial charge in [-0.15, -0.1) is 0 Å². The summed E-state index contributed by atoms with van der Waals surface area (Å²) >= 11 is 6.28. The van der Waals surface area contributed by atoms with Crippen molar-refractivity contribution < 1.29 is 18.7 Å². The lowest BCUT2D eigenvalue weighted by Gasteiger charge is -2.26. The zero-order valence-corrected chi connectivity index (χ0v) is 18.9. The lowest BCUT2D eigenvalue weighted by Crippen LogP contribution is -2.39. The van der Waals surface area contributed by atoms with Gasteiger partial charge in [-0.05, 0) is 43.4 Å². The number of aliphatic hydroxyl groups is 1. The summed E-state index contributed by atoms with van der Waals surface area (Å²) in [6, 6.07) is 6.34. The van der Waals surface area contributed by atoms with E-state index >= 15 is 0 Å². The minimum atomic E-state index is -1.79. The summed E-state index contributed by atoms with van der Waals surface area (Å²) in [5, 5.41) is 17.4. The second-order valence-electron chi connectivity index (χ2n) is 9.68. The van der Waals surface area contributed by atoms with E-state index < -0.39 is 28.7 Å². The predicted octanol–water partition coefficient (Wildman–Crippen LogP) is 4.87. The minimum absolute atomic E-state index is 0.0524. The number of halogens is 3. The van der Waals surface area contributed by atoms with Crippen molar-refractivity contribution in [1.82, 2.24) is 10.3 Å². The topological polar surface area (TPSA) is 74.2 Å². The number of anilines is 1. The number of nitrogens with one attached hydrogen (secondary N) is 2. The Bertz CT molecular complexity index is 985. The van der Waals surface area contributed by atoms with Crippen molar-refractivity contribution in [3.8, 4) is 0 Å². The number of carbonyl (C=O) groups is 1. The molecule has 0 radical (unpaired) electrons. The summed E-state index contributed by atoms with van der Waals surface area (Å²) in [4.78, 5) is 17.4. The molecule has 1 amide bonds. The van der Waals surface area contributed by atoms with Crippen LogP contribution < -0.4 is 10.6 Å². The standard InChI is InChI=1S/C23H28ClF2N3O2/c1-21(2,3)13-27-19-10-14(24)9-18(28-19)23(7-8-23)29-20(30)12-22(4,31)16-6-5-15(25)11-17(16)26/h5-6,9-11,31H,7-8,12-13H2,1-4H3,(H,27,28)(H,29,30). The average Bonchev–Trinajstić information content (AvgIpc) is 3.38. The molecule has 2 aromatic rings. The van der Waals surface area contributed by atoms with E-state index in [4.69, 9.17) is 11.6 Å². The van der Waals surface area contributed by atoms with E-state index in [0.29, 0.717) is 42.0 Å². The third-order valence-electron chi connectivity index (χ3n) is 5.23. The molecule has 168 valence electrons. The van der Waals surface area contributed by atoms with Crippen molar-refractivity contribution in [3.05, 3.63) is 58.2 Å². The molecule has 31 heavy (non-hydrogen) atoms. The van der Waals surface area contributed by atoms with Crippen LogP contribution in [0.5, 0.6) is 0 Å². The first kappa shape index (κ1) is 23.4. The Morgan fingerprint density at radius 3 is 2.45 bits per heavy atom. The van der Waals surface area contributed by atoms with E-state index in [-0.39, 0.29) is 17.4 Å². The Balaban J connectivity index is 1.73. The fraction of sp³-hybridized carbons (Fsp3) is 0.478. The Kier molecular flexibility index (Phi) is 6.31. The molecule has 1 aromatic carbocycles. The van der Waals surface area contributed by atoms with E-state index in [1.807, 2.05) is 0 Å². The van der Waals surface area contributed by atoms with Gasteiger partial charge in [-0.25, -0.2) is 13.8 Å². The van der Waals surface area contributed by atoms with E-state index in [1.54, 1.807) is 12.1 Å². The van der Waals surface area contributed by atoms with Gasteiger partial charge in [0.25, 0.3) is 0 Å². The maximum atomic E-state index is 14.1. The van der Waals surface area contributed by atoms with Gasteiger partial charge in [0.05, 0.1) is 23.3 Å². The Morgan fingerprint density at radius 1 is 1.19 bits per heavy atom. The van der Waals surface area contributed by atoms with Gasteiger partial charge in [0.15, 0.2) is 0 Å². The van der Waals surface area contributed by atoms with Gasteiger partial charge in [0, 0.05) is 23.2 Å². The van der Waals surface area contributed by atoms with Gasteiger partial charge in [-0.2, -0.15) is 0 Å². The van der Waals surface area contributed by atoms with E-state index in [2.05, 4.69) is 36.4 Å². The molecule has 1 atom stereocenters. The van der Waals surface area contributed by atoms with Gasteiger partial charge >= 0.3 is 0 Å². The molecule has 5 nitrogen and oxygen atoms in total. The van der Waals surface area contributed by atoms with Crippen molar-refractivity contribution in [2.45, 2.75) is 58.1 Å². The maximum Gasteiger partial charge on any atom is 0.223 e. The lowest BCUT2D eigenvalue weighted by atomic mass is 9.91. The van der Waals surface area contributed by atoms with E-state index in [1.165, 1.54) is 6.92 Å². The molecule has 8 heteroatoms. The molecule has 1 saturated carbocycles. The number of hydrogen-bond acceptors (Lipinski definition) is 4. The Morgan fingerprint density at radius 2 is 1.87 bits per heavy atom. The number of amides is 1. The average molecular weight is 452 g/mol. The molecule has 0 bridgehead atoms. The second kappa shape index (κ2) is 8.36. The van der Waals surface area contributed by atoms with Crippen molar-refractivity contribution >= 4 is 23.3 Å². The van der Waals surface area contributed by atoms with Crippen molar-refractivity contribution in [3.63, 3.8) is 0 Å². The molecule has 3 rings (SSSR count). The van der Waals surface area contributed by atoms with Crippen LogP contribution in [-0.4, -0.2) is 22.5 Å². The summed E-state index contributed by atoms with van der Waals surface area (Å²) in [6.45, 7) is 8.33. The van der Waals surface area contributed by atoms with Crippen LogP contribution in [0.4, 0.5) is 14.6 Å². The van der Waals surface area contributed by atoms with Gasteiger partial charge in [0.1, 0.15) is 17.5 Å². The summed E-state index contributed by atoms with van der Waals surface area (Å²) in [7, 11) is 0. The highest BCUT2D eigenvalue weighted by Gasteiger charge is 2.48. The number of nitrogens with zero attached hydrogens (tertiary/aromatic N) is 1. The largest absolute Gasteiger partial charge is 0.385 e. The number of aromatic nitrogens is 1. The van der Waals surface area contributed by atoms with Crippen molar-refractivity contribution in [1.29, 1.82) is 0 Å². The number of hydrogen-bond donors (Lipinski definition) is 3. The Labute approximate surface area is 186 Å². The molecule has 0 spiro atoms. The zero-order valence-electron chi connectivity index (χ0n) is 18.2. The van der Waals surface area contributed by atoms with Gasteiger partial charge in [-0.1, -0.05) is 38.4 Å². The number of rotatable bonds is 7. The number of benzene rings is 1. The highest BCUT2D eigenvalue weighted by Crippen LogP contribution is 2.46. The second-order valence-corrected chi connectivity index (χ2v) is 10.1. The predicted molar refractivity (Wildman–Crippen MR) is 117 cm³/mol. The van der Waals surface area contributed by atoms with Crippen LogP contribution in [0.25, 0.3) is 0 Å². The third-order valence-corrected chi connectivity index (χ3v) is 5.44. The summed E-state index contributed by atoms with van der Waals surface area (Å²) < 4.78 is 27.3. The molecule has 1 heterocycles. The van der Waals surface area contributed by atoms with Crippen LogP contribution >= 0.6 is 11.6 Å². The van der Waals surface area contributed by atoms with Crippen molar-refractivity contribution in [2.24, 2.45) is 5.41 Å². The number of carbonyl (C=O) groups excluding carboxylic acids is 1. The van der Waals surface area contributed by atoms with Crippen LogP contribution in [0.15, 0.2) is 30.3 Å².